The number of hydrogen-bond acceptors (Lipinski definition) is 3. The van der Waals surface area contributed by atoms with E-state index in [1.54, 1.807) is 6.07 Å². The van der Waals surface area contributed by atoms with Crippen molar-refractivity contribution in [3.8, 4) is 0 Å². The molecule has 0 unspecified atom stereocenters. The normalized spacial score (nSPS) is 10.8. The highest BCUT2D eigenvalue weighted by molar-refractivity contribution is 5.77. The summed E-state index contributed by atoms with van der Waals surface area (Å²) in [6.07, 6.45) is 2.26. The number of nitrogens with one attached hydrogen (secondary N) is 1. The molecule has 16 heavy (non-hydrogen) atoms. The van der Waals surface area contributed by atoms with Crippen LogP contribution in [0.3, 0.4) is 0 Å². The Balaban J connectivity index is 2.31. The topological polar surface area (TPSA) is 66.0 Å². The van der Waals surface area contributed by atoms with Gasteiger partial charge in [0, 0.05) is 13.0 Å². The number of benzene rings is 1. The van der Waals surface area contributed by atoms with Gasteiger partial charge in [0.05, 0.1) is 10.9 Å². The number of hydrogen-bond donors (Lipinski definition) is 2. The monoisotopic (exact) mass is 218 g/mol. The first-order chi connectivity index (χ1) is 7.81. The number of aromatic amines is 1. The van der Waals surface area contributed by atoms with Crippen LogP contribution in [-0.2, 0) is 6.42 Å². The molecule has 0 atom stereocenters. The lowest BCUT2D eigenvalue weighted by molar-refractivity contribution is 0.284. The number of rotatable bonds is 4. The molecule has 0 saturated heterocycles. The summed E-state index contributed by atoms with van der Waals surface area (Å²) in [6.45, 7) is 0.178. The summed E-state index contributed by atoms with van der Waals surface area (Å²) in [5.41, 5.74) is 0.634. The lowest BCUT2D eigenvalue weighted by Gasteiger charge is -2.01. The van der Waals surface area contributed by atoms with Crippen LogP contribution in [0, 0.1) is 0 Å². The number of aliphatic hydroxyl groups excluding tert-OH is 1. The molecule has 0 aliphatic heterocycles. The molecule has 84 valence electrons. The number of aromatic nitrogens is 2. The molecule has 1 aromatic heterocycles. The Hall–Kier alpha value is -1.68. The van der Waals surface area contributed by atoms with E-state index in [-0.39, 0.29) is 12.2 Å². The van der Waals surface area contributed by atoms with Gasteiger partial charge in [0.2, 0.25) is 0 Å². The van der Waals surface area contributed by atoms with Crippen LogP contribution < -0.4 is 5.56 Å². The van der Waals surface area contributed by atoms with Crippen molar-refractivity contribution < 1.29 is 5.11 Å². The molecule has 4 nitrogen and oxygen atoms in total. The van der Waals surface area contributed by atoms with Crippen molar-refractivity contribution >= 4 is 10.9 Å². The second-order valence-corrected chi connectivity index (χ2v) is 3.71. The molecule has 0 saturated carbocycles. The van der Waals surface area contributed by atoms with Gasteiger partial charge in [-0.3, -0.25) is 4.79 Å². The number of H-pyrrole nitrogens is 1. The predicted molar refractivity (Wildman–Crippen MR) is 62.4 cm³/mol. The van der Waals surface area contributed by atoms with Gasteiger partial charge in [-0.2, -0.15) is 0 Å². The van der Waals surface area contributed by atoms with Crippen molar-refractivity contribution in [1.82, 2.24) is 9.97 Å². The van der Waals surface area contributed by atoms with E-state index in [4.69, 9.17) is 5.11 Å². The second-order valence-electron chi connectivity index (χ2n) is 3.71. The Bertz CT molecular complexity index is 534. The predicted octanol–water partition coefficient (Wildman–Crippen LogP) is 1.24. The zero-order valence-electron chi connectivity index (χ0n) is 8.94. The smallest absolute Gasteiger partial charge is 0.258 e. The fraction of sp³-hybridized carbons (Fsp3) is 0.333. The third kappa shape index (κ3) is 2.28. The maximum absolute atomic E-state index is 11.7. The van der Waals surface area contributed by atoms with Crippen LogP contribution in [0.5, 0.6) is 0 Å². The van der Waals surface area contributed by atoms with Crippen LogP contribution in [0.15, 0.2) is 29.1 Å². The van der Waals surface area contributed by atoms with E-state index in [1.807, 2.05) is 18.2 Å². The van der Waals surface area contributed by atoms with Crippen molar-refractivity contribution in [2.24, 2.45) is 0 Å². The van der Waals surface area contributed by atoms with Gasteiger partial charge in [0.15, 0.2) is 0 Å². The van der Waals surface area contributed by atoms with Crippen LogP contribution >= 0.6 is 0 Å². The Morgan fingerprint density at radius 1 is 1.25 bits per heavy atom. The van der Waals surface area contributed by atoms with Gasteiger partial charge in [-0.1, -0.05) is 12.1 Å². The van der Waals surface area contributed by atoms with Crippen LogP contribution in [0.4, 0.5) is 0 Å². The fourth-order valence-electron chi connectivity index (χ4n) is 1.66. The molecule has 0 aliphatic rings. The lowest BCUT2D eigenvalue weighted by Crippen LogP contribution is -2.11. The van der Waals surface area contributed by atoms with Crippen molar-refractivity contribution in [3.05, 3.63) is 40.4 Å². The van der Waals surface area contributed by atoms with E-state index in [2.05, 4.69) is 9.97 Å². The Morgan fingerprint density at radius 3 is 2.88 bits per heavy atom. The number of nitrogens with zero attached hydrogens (tertiary/aromatic N) is 1. The molecule has 0 bridgehead atoms. The molecule has 1 heterocycles. The van der Waals surface area contributed by atoms with Crippen molar-refractivity contribution in [2.75, 3.05) is 6.61 Å². The zero-order valence-corrected chi connectivity index (χ0v) is 8.94. The standard InChI is InChI=1S/C12H14N2O2/c15-8-4-3-7-11-13-10-6-2-1-5-9(10)12(16)14-11/h1-2,5-6,15H,3-4,7-8H2,(H,13,14,16). The summed E-state index contributed by atoms with van der Waals surface area (Å²) in [5.74, 6) is 0.692. The van der Waals surface area contributed by atoms with Crippen molar-refractivity contribution in [1.29, 1.82) is 0 Å². The number of aliphatic hydroxyl groups is 1. The number of para-hydroxylation sites is 1. The van der Waals surface area contributed by atoms with Crippen LogP contribution in [0.1, 0.15) is 18.7 Å². The highest BCUT2D eigenvalue weighted by atomic mass is 16.2. The largest absolute Gasteiger partial charge is 0.396 e. The maximum atomic E-state index is 11.7. The summed E-state index contributed by atoms with van der Waals surface area (Å²) < 4.78 is 0. The lowest BCUT2D eigenvalue weighted by atomic mass is 10.2. The first kappa shape index (κ1) is 10.8. The van der Waals surface area contributed by atoms with Crippen LogP contribution in [-0.4, -0.2) is 21.7 Å². The zero-order chi connectivity index (χ0) is 11.4. The van der Waals surface area contributed by atoms with Crippen LogP contribution in [0.2, 0.25) is 0 Å². The van der Waals surface area contributed by atoms with Gasteiger partial charge in [-0.25, -0.2) is 4.98 Å². The molecule has 2 rings (SSSR count). The van der Waals surface area contributed by atoms with E-state index in [0.717, 1.165) is 18.4 Å². The van der Waals surface area contributed by atoms with Gasteiger partial charge < -0.3 is 10.1 Å². The average molecular weight is 218 g/mol. The highest BCUT2D eigenvalue weighted by Gasteiger charge is 2.02. The molecule has 1 aromatic carbocycles. The molecule has 0 spiro atoms. The minimum absolute atomic E-state index is 0.0930. The van der Waals surface area contributed by atoms with Crippen molar-refractivity contribution in [3.63, 3.8) is 0 Å². The van der Waals surface area contributed by atoms with Gasteiger partial charge >= 0.3 is 0 Å². The number of fused-ring (bicyclic) bond motifs is 1. The molecule has 0 fully saturated rings. The van der Waals surface area contributed by atoms with E-state index in [9.17, 15) is 4.79 Å². The summed E-state index contributed by atoms with van der Waals surface area (Å²) in [5, 5.41) is 9.30. The van der Waals surface area contributed by atoms with Crippen molar-refractivity contribution in [2.45, 2.75) is 19.3 Å². The molecule has 2 N–H and O–H groups in total. The molecular weight excluding hydrogens is 204 g/mol. The summed E-state index contributed by atoms with van der Waals surface area (Å²) in [4.78, 5) is 18.8. The molecule has 4 heteroatoms. The molecule has 2 aromatic rings. The molecular formula is C12H14N2O2. The van der Waals surface area contributed by atoms with E-state index in [1.165, 1.54) is 0 Å². The number of unbranched alkanes of at least 4 members (excludes halogenated alkanes) is 1. The average Bonchev–Trinajstić information content (AvgIpc) is 2.30. The maximum Gasteiger partial charge on any atom is 0.258 e. The van der Waals surface area contributed by atoms with Gasteiger partial charge in [0.25, 0.3) is 5.56 Å². The fourth-order valence-corrected chi connectivity index (χ4v) is 1.66. The van der Waals surface area contributed by atoms with E-state index < -0.39 is 0 Å². The molecule has 0 radical (unpaired) electrons. The Labute approximate surface area is 93.0 Å². The van der Waals surface area contributed by atoms with E-state index >= 15 is 0 Å². The third-order valence-electron chi connectivity index (χ3n) is 2.48. The summed E-state index contributed by atoms with van der Waals surface area (Å²) in [6, 6.07) is 7.29. The minimum Gasteiger partial charge on any atom is -0.396 e. The van der Waals surface area contributed by atoms with Crippen LogP contribution in [0.25, 0.3) is 10.9 Å². The SMILES string of the molecule is O=c1[nH]c(CCCCO)nc2ccccc12. The quantitative estimate of drug-likeness (QED) is 0.759. The highest BCUT2D eigenvalue weighted by Crippen LogP contribution is 2.06. The Kier molecular flexibility index (Phi) is 3.31. The van der Waals surface area contributed by atoms with Gasteiger partial charge in [-0.15, -0.1) is 0 Å². The van der Waals surface area contributed by atoms with E-state index in [0.29, 0.717) is 17.6 Å². The molecule has 0 amide bonds. The minimum atomic E-state index is -0.0930. The summed E-state index contributed by atoms with van der Waals surface area (Å²) >= 11 is 0. The Morgan fingerprint density at radius 2 is 2.06 bits per heavy atom. The first-order valence-electron chi connectivity index (χ1n) is 5.40. The van der Waals surface area contributed by atoms with Gasteiger partial charge in [-0.05, 0) is 25.0 Å². The molecule has 0 aliphatic carbocycles. The second kappa shape index (κ2) is 4.90. The van der Waals surface area contributed by atoms with Gasteiger partial charge in [0.1, 0.15) is 5.82 Å². The third-order valence-corrected chi connectivity index (χ3v) is 2.48. The first-order valence-corrected chi connectivity index (χ1v) is 5.40. The number of aryl methyl sites for hydroxylation is 1. The summed E-state index contributed by atoms with van der Waals surface area (Å²) in [7, 11) is 0.